The number of nitriles is 1. The van der Waals surface area contributed by atoms with Crippen molar-refractivity contribution in [3.63, 3.8) is 0 Å². The zero-order valence-electron chi connectivity index (χ0n) is 14.3. The number of ether oxygens (including phenoxy) is 2. The Bertz CT molecular complexity index is 1100. The lowest BCUT2D eigenvalue weighted by molar-refractivity contribution is -0.0498. The first-order valence-electron chi connectivity index (χ1n) is 8.07. The number of esters is 1. The molecule has 2 aromatic carbocycles. The molecular weight excluding hydrogens is 372 g/mol. The van der Waals surface area contributed by atoms with Gasteiger partial charge < -0.3 is 9.47 Å². The Morgan fingerprint density at radius 2 is 1.89 bits per heavy atom. The van der Waals surface area contributed by atoms with Crippen molar-refractivity contribution in [2.75, 3.05) is 0 Å². The predicted molar refractivity (Wildman–Crippen MR) is 93.8 cm³/mol. The van der Waals surface area contributed by atoms with E-state index < -0.39 is 18.1 Å². The van der Waals surface area contributed by atoms with Crippen molar-refractivity contribution in [2.45, 2.75) is 19.8 Å². The molecule has 28 heavy (non-hydrogen) atoms. The largest absolute Gasteiger partial charge is 0.454 e. The summed E-state index contributed by atoms with van der Waals surface area (Å²) in [6.45, 7) is -3.55. The Hall–Kier alpha value is -3.80. The van der Waals surface area contributed by atoms with Gasteiger partial charge >= 0.3 is 12.6 Å². The van der Waals surface area contributed by atoms with E-state index in [1.165, 1.54) is 24.3 Å². The number of aromatic nitrogens is 2. The molecule has 3 rings (SSSR count). The first-order chi connectivity index (χ1) is 13.5. The van der Waals surface area contributed by atoms with E-state index in [4.69, 9.17) is 10.00 Å². The van der Waals surface area contributed by atoms with E-state index >= 15 is 0 Å². The molecule has 7 nitrogen and oxygen atoms in total. The highest BCUT2D eigenvalue weighted by Crippen LogP contribution is 2.16. The Labute approximate surface area is 157 Å². The molecule has 0 aliphatic rings. The predicted octanol–water partition coefficient (Wildman–Crippen LogP) is 2.88. The Morgan fingerprint density at radius 3 is 2.57 bits per heavy atom. The van der Waals surface area contributed by atoms with Gasteiger partial charge in [-0.2, -0.15) is 14.0 Å². The summed E-state index contributed by atoms with van der Waals surface area (Å²) in [7, 11) is 0. The number of hydrogen-bond acceptors (Lipinski definition) is 6. The summed E-state index contributed by atoms with van der Waals surface area (Å²) < 4.78 is 34.8. The molecule has 0 radical (unpaired) electrons. The maximum Gasteiger partial charge on any atom is 0.387 e. The van der Waals surface area contributed by atoms with Gasteiger partial charge in [0.2, 0.25) is 0 Å². The van der Waals surface area contributed by atoms with E-state index in [9.17, 15) is 18.4 Å². The number of hydrogen-bond donors (Lipinski definition) is 0. The van der Waals surface area contributed by atoms with Crippen molar-refractivity contribution in [1.82, 2.24) is 9.55 Å². The van der Waals surface area contributed by atoms with Crippen LogP contribution in [0, 0.1) is 11.3 Å². The molecule has 0 unspecified atom stereocenters. The number of carbonyl (C=O) groups excluding carboxylic acids is 1. The first kappa shape index (κ1) is 19.0. The standard InChI is InChI=1S/C19H13F2N3O4/c20-19(21)28-13-7-5-12(6-8-13)18(26)27-11-16-23-15-4-2-1-3-14(15)17(25)24(16)10-9-22/h1-8,19H,10-11H2. The second-order valence-corrected chi connectivity index (χ2v) is 5.57. The van der Waals surface area contributed by atoms with Gasteiger partial charge in [-0.3, -0.25) is 9.36 Å². The number of alkyl halides is 2. The average molecular weight is 385 g/mol. The van der Waals surface area contributed by atoms with Crippen LogP contribution in [0.2, 0.25) is 0 Å². The number of halogens is 2. The lowest BCUT2D eigenvalue weighted by Crippen LogP contribution is -2.26. The molecule has 0 bridgehead atoms. The maximum absolute atomic E-state index is 12.5. The van der Waals surface area contributed by atoms with Crippen LogP contribution in [0.1, 0.15) is 16.2 Å². The van der Waals surface area contributed by atoms with Gasteiger partial charge in [0.25, 0.3) is 5.56 Å². The van der Waals surface area contributed by atoms with Crippen LogP contribution in [0.3, 0.4) is 0 Å². The zero-order valence-corrected chi connectivity index (χ0v) is 14.3. The molecule has 0 spiro atoms. The highest BCUT2D eigenvalue weighted by atomic mass is 19.3. The van der Waals surface area contributed by atoms with Crippen molar-refractivity contribution < 1.29 is 23.0 Å². The number of para-hydroxylation sites is 1. The van der Waals surface area contributed by atoms with Crippen molar-refractivity contribution >= 4 is 16.9 Å². The second kappa shape index (κ2) is 8.26. The molecule has 142 valence electrons. The Kier molecular flexibility index (Phi) is 5.60. The quantitative estimate of drug-likeness (QED) is 0.606. The van der Waals surface area contributed by atoms with Crippen molar-refractivity contribution in [1.29, 1.82) is 5.26 Å². The van der Waals surface area contributed by atoms with Crippen LogP contribution in [0.4, 0.5) is 8.78 Å². The summed E-state index contributed by atoms with van der Waals surface area (Å²) in [4.78, 5) is 29.0. The molecule has 0 aliphatic carbocycles. The van der Waals surface area contributed by atoms with E-state index in [0.29, 0.717) is 10.9 Å². The smallest absolute Gasteiger partial charge is 0.387 e. The third kappa shape index (κ3) is 4.12. The molecule has 0 fully saturated rings. The van der Waals surface area contributed by atoms with Gasteiger partial charge in [0, 0.05) is 0 Å². The van der Waals surface area contributed by atoms with Crippen molar-refractivity contribution in [3.8, 4) is 11.8 Å². The highest BCUT2D eigenvalue weighted by molar-refractivity contribution is 5.89. The molecule has 1 aromatic heterocycles. The molecule has 3 aromatic rings. The Morgan fingerprint density at radius 1 is 1.18 bits per heavy atom. The normalized spacial score (nSPS) is 10.6. The topological polar surface area (TPSA) is 94.2 Å². The maximum atomic E-state index is 12.5. The van der Waals surface area contributed by atoms with E-state index in [1.807, 2.05) is 6.07 Å². The lowest BCUT2D eigenvalue weighted by atomic mass is 10.2. The summed E-state index contributed by atoms with van der Waals surface area (Å²) >= 11 is 0. The molecule has 1 heterocycles. The minimum absolute atomic E-state index is 0.0920. The lowest BCUT2D eigenvalue weighted by Gasteiger charge is -2.11. The first-order valence-corrected chi connectivity index (χ1v) is 8.07. The fourth-order valence-electron chi connectivity index (χ4n) is 2.54. The molecule has 9 heteroatoms. The van der Waals surface area contributed by atoms with Gasteiger partial charge in [0.15, 0.2) is 5.82 Å². The van der Waals surface area contributed by atoms with Gasteiger partial charge in [-0.05, 0) is 36.4 Å². The molecule has 0 amide bonds. The van der Waals surface area contributed by atoms with Crippen LogP contribution in [0.5, 0.6) is 5.75 Å². The minimum atomic E-state index is -2.96. The molecule has 0 aliphatic heterocycles. The van der Waals surface area contributed by atoms with Crippen LogP contribution in [0.15, 0.2) is 53.3 Å². The van der Waals surface area contributed by atoms with Crippen LogP contribution in [-0.4, -0.2) is 22.1 Å². The Balaban J connectivity index is 1.81. The van der Waals surface area contributed by atoms with E-state index in [1.54, 1.807) is 24.3 Å². The zero-order chi connectivity index (χ0) is 20.1. The van der Waals surface area contributed by atoms with Crippen molar-refractivity contribution in [3.05, 3.63) is 70.3 Å². The molecule has 0 N–H and O–H groups in total. The van der Waals surface area contributed by atoms with Gasteiger partial charge in [-0.1, -0.05) is 12.1 Å². The summed E-state index contributed by atoms with van der Waals surface area (Å²) in [6, 6.07) is 13.5. The third-order valence-corrected chi connectivity index (χ3v) is 3.82. The van der Waals surface area contributed by atoms with Gasteiger partial charge in [0.1, 0.15) is 18.9 Å². The van der Waals surface area contributed by atoms with E-state index in [2.05, 4.69) is 9.72 Å². The number of benzene rings is 2. The molecule has 0 saturated heterocycles. The van der Waals surface area contributed by atoms with Crippen LogP contribution >= 0.6 is 0 Å². The molecule has 0 atom stereocenters. The molecule has 0 saturated carbocycles. The minimum Gasteiger partial charge on any atom is -0.454 e. The number of fused-ring (bicyclic) bond motifs is 1. The van der Waals surface area contributed by atoms with E-state index in [-0.39, 0.29) is 30.3 Å². The molecular formula is C19H13F2N3O4. The average Bonchev–Trinajstić information content (AvgIpc) is 2.69. The number of nitrogens with zero attached hydrogens (tertiary/aromatic N) is 3. The number of rotatable bonds is 6. The van der Waals surface area contributed by atoms with Gasteiger partial charge in [-0.25, -0.2) is 9.78 Å². The van der Waals surface area contributed by atoms with Crippen molar-refractivity contribution in [2.24, 2.45) is 0 Å². The third-order valence-electron chi connectivity index (χ3n) is 3.82. The summed E-state index contributed by atoms with van der Waals surface area (Å²) in [5, 5.41) is 9.32. The second-order valence-electron chi connectivity index (χ2n) is 5.57. The summed E-state index contributed by atoms with van der Waals surface area (Å²) in [5.74, 6) is -0.712. The van der Waals surface area contributed by atoms with E-state index in [0.717, 1.165) is 4.57 Å². The monoisotopic (exact) mass is 385 g/mol. The highest BCUT2D eigenvalue weighted by Gasteiger charge is 2.14. The fourth-order valence-corrected chi connectivity index (χ4v) is 2.54. The fraction of sp³-hybridized carbons (Fsp3) is 0.158. The van der Waals surface area contributed by atoms with Crippen LogP contribution in [-0.2, 0) is 17.9 Å². The van der Waals surface area contributed by atoms with Gasteiger partial charge in [-0.15, -0.1) is 0 Å². The summed E-state index contributed by atoms with van der Waals surface area (Å²) in [6.07, 6.45) is 0. The van der Waals surface area contributed by atoms with Crippen LogP contribution in [0.25, 0.3) is 10.9 Å². The SMILES string of the molecule is N#CCn1c(COC(=O)c2ccc(OC(F)F)cc2)nc2ccccc2c1=O. The summed E-state index contributed by atoms with van der Waals surface area (Å²) in [5.41, 5.74) is 0.115. The van der Waals surface area contributed by atoms with Gasteiger partial charge in [0.05, 0.1) is 22.5 Å². The number of carbonyl (C=O) groups is 1. The van der Waals surface area contributed by atoms with Crippen LogP contribution < -0.4 is 10.3 Å².